The highest BCUT2D eigenvalue weighted by molar-refractivity contribution is 5.91. The van der Waals surface area contributed by atoms with Gasteiger partial charge < -0.3 is 10.2 Å². The number of nitrogens with zero attached hydrogens (tertiary/aromatic N) is 2. The summed E-state index contributed by atoms with van der Waals surface area (Å²) in [5.41, 5.74) is 2.87. The monoisotopic (exact) mass is 497 g/mol. The Kier molecular flexibility index (Phi) is 7.12. The van der Waals surface area contributed by atoms with Gasteiger partial charge in [0.1, 0.15) is 0 Å². The third kappa shape index (κ3) is 4.68. The maximum absolute atomic E-state index is 12.9. The minimum absolute atomic E-state index is 0.214. The van der Waals surface area contributed by atoms with Gasteiger partial charge in [-0.1, -0.05) is 38.4 Å². The summed E-state index contributed by atoms with van der Waals surface area (Å²) in [6.07, 6.45) is 12.7. The predicted octanol–water partition coefficient (Wildman–Crippen LogP) is 6.11. The molecular formula is C30H47N3O3. The van der Waals surface area contributed by atoms with E-state index in [9.17, 15) is 9.59 Å². The second-order valence-corrected chi connectivity index (χ2v) is 13.3. The minimum Gasteiger partial charge on any atom is -0.313 e. The first-order valence-corrected chi connectivity index (χ1v) is 14.6. The molecule has 4 saturated carbocycles. The molecule has 6 nitrogen and oxygen atoms in total. The lowest BCUT2D eigenvalue weighted by Crippen LogP contribution is -2.51. The van der Waals surface area contributed by atoms with Crippen LogP contribution in [-0.2, 0) is 9.63 Å². The van der Waals surface area contributed by atoms with E-state index in [0.29, 0.717) is 42.2 Å². The first-order valence-electron chi connectivity index (χ1n) is 14.6. The van der Waals surface area contributed by atoms with Gasteiger partial charge >= 0.3 is 6.09 Å². The molecule has 0 aromatic carbocycles. The first-order chi connectivity index (χ1) is 17.1. The molecule has 5 aliphatic carbocycles. The van der Waals surface area contributed by atoms with E-state index in [-0.39, 0.29) is 16.9 Å². The number of hydrogen-bond acceptors (Lipinski definition) is 5. The molecule has 0 aliphatic heterocycles. The Morgan fingerprint density at radius 2 is 1.89 bits per heavy atom. The average Bonchev–Trinajstić information content (AvgIpc) is 3.60. The molecule has 5 aliphatic rings. The number of rotatable bonds is 7. The van der Waals surface area contributed by atoms with Gasteiger partial charge in [0.05, 0.1) is 5.71 Å². The van der Waals surface area contributed by atoms with E-state index >= 15 is 0 Å². The fourth-order valence-corrected chi connectivity index (χ4v) is 8.76. The van der Waals surface area contributed by atoms with Crippen molar-refractivity contribution in [2.75, 3.05) is 13.1 Å². The van der Waals surface area contributed by atoms with E-state index in [2.05, 4.69) is 45.1 Å². The summed E-state index contributed by atoms with van der Waals surface area (Å²) >= 11 is 0. The van der Waals surface area contributed by atoms with E-state index in [1.807, 2.05) is 11.0 Å². The van der Waals surface area contributed by atoms with E-state index in [1.54, 1.807) is 0 Å². The van der Waals surface area contributed by atoms with Crippen molar-refractivity contribution >= 4 is 17.6 Å². The van der Waals surface area contributed by atoms with Crippen LogP contribution in [0.4, 0.5) is 4.79 Å². The molecule has 6 atom stereocenters. The molecule has 6 heteroatoms. The molecule has 0 bridgehead atoms. The van der Waals surface area contributed by atoms with Gasteiger partial charge in [-0.3, -0.25) is 9.63 Å². The van der Waals surface area contributed by atoms with Gasteiger partial charge in [0, 0.05) is 37.5 Å². The number of ketones is 1. The molecule has 1 N–H and O–H groups in total. The molecule has 0 unspecified atom stereocenters. The molecule has 0 aromatic heterocycles. The van der Waals surface area contributed by atoms with Crippen molar-refractivity contribution in [1.29, 1.82) is 0 Å². The van der Waals surface area contributed by atoms with Crippen molar-refractivity contribution in [3.63, 3.8) is 0 Å². The smallest absolute Gasteiger partial charge is 0.313 e. The van der Waals surface area contributed by atoms with Crippen LogP contribution in [0.3, 0.4) is 0 Å². The predicted molar refractivity (Wildman–Crippen MR) is 143 cm³/mol. The lowest BCUT2D eigenvalue weighted by molar-refractivity contribution is -0.117. The van der Waals surface area contributed by atoms with Crippen molar-refractivity contribution in [2.45, 2.75) is 111 Å². The Morgan fingerprint density at radius 1 is 1.11 bits per heavy atom. The Labute approximate surface area is 217 Å². The van der Waals surface area contributed by atoms with Gasteiger partial charge in [-0.15, -0.1) is 0 Å². The highest BCUT2D eigenvalue weighted by Crippen LogP contribution is 2.66. The topological polar surface area (TPSA) is 71.0 Å². The number of oxime groups is 1. The highest BCUT2D eigenvalue weighted by atomic mass is 16.7. The molecule has 200 valence electrons. The third-order valence-electron chi connectivity index (χ3n) is 10.9. The number of carbonyl (C=O) groups excluding carboxylic acids is 2. The SMILES string of the molecule is C/C(=N\OC(=O)N(CCNC(C)C)C1CC1)[C@H]1CC[C@H]2[C@@H]3CCC4=CC(=O)CC[C@]4(C)[C@H]3CC[C@]12C. The van der Waals surface area contributed by atoms with Crippen LogP contribution < -0.4 is 5.32 Å². The molecule has 5 rings (SSSR count). The van der Waals surface area contributed by atoms with Crippen molar-refractivity contribution < 1.29 is 14.4 Å². The average molecular weight is 498 g/mol. The maximum atomic E-state index is 12.9. The Morgan fingerprint density at radius 3 is 2.61 bits per heavy atom. The fourth-order valence-electron chi connectivity index (χ4n) is 8.76. The molecule has 4 fully saturated rings. The van der Waals surface area contributed by atoms with Gasteiger partial charge in [-0.05, 0) is 99.4 Å². The summed E-state index contributed by atoms with van der Waals surface area (Å²) in [6.45, 7) is 12.7. The number of amides is 1. The van der Waals surface area contributed by atoms with Crippen LogP contribution in [0.5, 0.6) is 0 Å². The Bertz CT molecular complexity index is 938. The fraction of sp³-hybridized carbons (Fsp3) is 0.833. The number of allylic oxidation sites excluding steroid dienone is 1. The van der Waals surface area contributed by atoms with Crippen molar-refractivity contribution in [2.24, 2.45) is 39.7 Å². The third-order valence-corrected chi connectivity index (χ3v) is 10.9. The molecule has 0 saturated heterocycles. The molecular weight excluding hydrogens is 450 g/mol. The van der Waals surface area contributed by atoms with Gasteiger partial charge in [0.25, 0.3) is 0 Å². The van der Waals surface area contributed by atoms with Crippen molar-refractivity contribution in [3.05, 3.63) is 11.6 Å². The Hall–Kier alpha value is -1.69. The summed E-state index contributed by atoms with van der Waals surface area (Å²) in [6, 6.07) is 0.718. The summed E-state index contributed by atoms with van der Waals surface area (Å²) in [4.78, 5) is 32.4. The quantitative estimate of drug-likeness (QED) is 0.262. The zero-order chi connectivity index (χ0) is 25.7. The molecule has 0 radical (unpaired) electrons. The van der Waals surface area contributed by atoms with Crippen LogP contribution in [0.1, 0.15) is 98.8 Å². The van der Waals surface area contributed by atoms with Crippen molar-refractivity contribution in [3.8, 4) is 0 Å². The van der Waals surface area contributed by atoms with Crippen LogP contribution in [0, 0.1) is 34.5 Å². The van der Waals surface area contributed by atoms with Gasteiger partial charge in [0.2, 0.25) is 0 Å². The van der Waals surface area contributed by atoms with Crippen molar-refractivity contribution in [1.82, 2.24) is 10.2 Å². The Balaban J connectivity index is 1.25. The molecule has 0 heterocycles. The van der Waals surface area contributed by atoms with Crippen LogP contribution in [0.2, 0.25) is 0 Å². The van der Waals surface area contributed by atoms with Crippen LogP contribution in [0.25, 0.3) is 0 Å². The number of carbonyl (C=O) groups is 2. The van der Waals surface area contributed by atoms with Gasteiger partial charge in [-0.2, -0.15) is 0 Å². The number of fused-ring (bicyclic) bond motifs is 5. The van der Waals surface area contributed by atoms with E-state index in [4.69, 9.17) is 4.84 Å². The summed E-state index contributed by atoms with van der Waals surface area (Å²) in [5.74, 6) is 2.84. The van der Waals surface area contributed by atoms with Crippen LogP contribution >= 0.6 is 0 Å². The first kappa shape index (κ1) is 25.9. The maximum Gasteiger partial charge on any atom is 0.436 e. The highest BCUT2D eigenvalue weighted by Gasteiger charge is 2.59. The second kappa shape index (κ2) is 9.89. The zero-order valence-corrected chi connectivity index (χ0v) is 23.1. The molecule has 0 aromatic rings. The largest absolute Gasteiger partial charge is 0.436 e. The van der Waals surface area contributed by atoms with Crippen LogP contribution in [-0.4, -0.2) is 47.7 Å². The zero-order valence-electron chi connectivity index (χ0n) is 23.1. The second-order valence-electron chi connectivity index (χ2n) is 13.3. The number of hydrogen-bond donors (Lipinski definition) is 1. The van der Waals surface area contributed by atoms with E-state index in [0.717, 1.165) is 56.7 Å². The van der Waals surface area contributed by atoms with E-state index < -0.39 is 0 Å². The summed E-state index contributed by atoms with van der Waals surface area (Å²) in [7, 11) is 0. The lowest BCUT2D eigenvalue weighted by atomic mass is 9.46. The van der Waals surface area contributed by atoms with E-state index in [1.165, 1.54) is 31.3 Å². The minimum atomic E-state index is -0.294. The molecule has 36 heavy (non-hydrogen) atoms. The molecule has 1 amide bonds. The molecule has 0 spiro atoms. The number of nitrogens with one attached hydrogen (secondary N) is 1. The normalized spacial score (nSPS) is 38.2. The lowest BCUT2D eigenvalue weighted by Gasteiger charge is -2.58. The summed E-state index contributed by atoms with van der Waals surface area (Å²) in [5, 5.41) is 7.87. The van der Waals surface area contributed by atoms with Gasteiger partial charge in [-0.25, -0.2) is 4.79 Å². The standard InChI is InChI=1S/C30H47N3O3/c1-19(2)31-16-17-33(22-7-8-22)28(35)36-32-20(3)25-10-11-26-24-9-6-21-18-23(34)12-14-29(21,4)27(24)13-15-30(25,26)5/h18-19,22,24-27,31H,6-17H2,1-5H3/b32-20+/t24-,25+,26-,27-,29-,30+/m0/s1. The van der Waals surface area contributed by atoms with Crippen LogP contribution in [0.15, 0.2) is 16.8 Å². The van der Waals surface area contributed by atoms with Gasteiger partial charge in [0.15, 0.2) is 5.78 Å². The summed E-state index contributed by atoms with van der Waals surface area (Å²) < 4.78 is 0.